The molecular formula is C19H28O3. The molecular weight excluding hydrogens is 276 g/mol. The quantitative estimate of drug-likeness (QED) is 0.456. The van der Waals surface area contributed by atoms with Crippen LogP contribution in [-0.2, 0) is 9.53 Å². The maximum atomic E-state index is 11.4. The summed E-state index contributed by atoms with van der Waals surface area (Å²) in [6, 6.07) is 7.76. The van der Waals surface area contributed by atoms with Crippen molar-refractivity contribution < 1.29 is 14.3 Å². The molecule has 0 bridgehead atoms. The maximum Gasteiger partial charge on any atom is 0.337 e. The Morgan fingerprint density at radius 1 is 1.05 bits per heavy atom. The van der Waals surface area contributed by atoms with Gasteiger partial charge in [0.05, 0.1) is 12.7 Å². The van der Waals surface area contributed by atoms with Gasteiger partial charge in [-0.25, -0.2) is 4.79 Å². The Balaban J connectivity index is 2.40. The molecule has 0 saturated heterocycles. The van der Waals surface area contributed by atoms with E-state index in [1.54, 1.807) is 6.92 Å². The Kier molecular flexibility index (Phi) is 8.49. The Bertz CT molecular complexity index is 462. The number of hydrogen-bond acceptors (Lipinski definition) is 3. The highest BCUT2D eigenvalue weighted by molar-refractivity contribution is 5.89. The average Bonchev–Trinajstić information content (AvgIpc) is 2.53. The van der Waals surface area contributed by atoms with E-state index in [-0.39, 0.29) is 11.8 Å². The standard InChI is InChI=1S/C19H28O3/c1-4-16(10-8-6-5-7-9-15(2)20)17-11-13-18(14-12-17)19(21)22-3/h11-14,16H,4-10H2,1-3H3/t16-/m1/s1. The highest BCUT2D eigenvalue weighted by Crippen LogP contribution is 2.26. The van der Waals surface area contributed by atoms with Gasteiger partial charge in [-0.2, -0.15) is 0 Å². The molecule has 0 aromatic heterocycles. The van der Waals surface area contributed by atoms with Crippen molar-refractivity contribution in [3.63, 3.8) is 0 Å². The summed E-state index contributed by atoms with van der Waals surface area (Å²) in [5.74, 6) is 0.543. The van der Waals surface area contributed by atoms with Crippen LogP contribution in [0.15, 0.2) is 24.3 Å². The minimum atomic E-state index is -0.287. The molecule has 3 nitrogen and oxygen atoms in total. The van der Waals surface area contributed by atoms with Crippen LogP contribution in [0.5, 0.6) is 0 Å². The zero-order valence-electron chi connectivity index (χ0n) is 14.1. The van der Waals surface area contributed by atoms with Gasteiger partial charge in [0.15, 0.2) is 0 Å². The molecule has 1 atom stereocenters. The van der Waals surface area contributed by atoms with Crippen molar-refractivity contribution in [2.24, 2.45) is 0 Å². The maximum absolute atomic E-state index is 11.4. The molecule has 1 rings (SSSR count). The average molecular weight is 304 g/mol. The van der Waals surface area contributed by atoms with Crippen LogP contribution in [0.2, 0.25) is 0 Å². The normalized spacial score (nSPS) is 12.0. The first kappa shape index (κ1) is 18.4. The van der Waals surface area contributed by atoms with Crippen molar-refractivity contribution in [3.05, 3.63) is 35.4 Å². The van der Waals surface area contributed by atoms with E-state index < -0.39 is 0 Å². The largest absolute Gasteiger partial charge is 0.465 e. The Labute approximate surface area is 134 Å². The lowest BCUT2D eigenvalue weighted by molar-refractivity contribution is -0.117. The molecule has 122 valence electrons. The van der Waals surface area contributed by atoms with Gasteiger partial charge in [0.2, 0.25) is 0 Å². The Morgan fingerprint density at radius 3 is 2.23 bits per heavy atom. The van der Waals surface area contributed by atoms with Crippen LogP contribution < -0.4 is 0 Å². The number of esters is 1. The fourth-order valence-corrected chi connectivity index (χ4v) is 2.73. The summed E-state index contributed by atoms with van der Waals surface area (Å²) in [5, 5.41) is 0. The predicted molar refractivity (Wildman–Crippen MR) is 89.2 cm³/mol. The number of benzene rings is 1. The highest BCUT2D eigenvalue weighted by atomic mass is 16.5. The third kappa shape index (κ3) is 6.42. The molecule has 0 saturated carbocycles. The summed E-state index contributed by atoms with van der Waals surface area (Å²) in [5.41, 5.74) is 1.89. The number of carbonyl (C=O) groups is 2. The van der Waals surface area contributed by atoms with Gasteiger partial charge < -0.3 is 9.53 Å². The van der Waals surface area contributed by atoms with Crippen LogP contribution in [0.1, 0.15) is 80.6 Å². The number of carbonyl (C=O) groups excluding carboxylic acids is 2. The summed E-state index contributed by atoms with van der Waals surface area (Å²) < 4.78 is 4.72. The zero-order chi connectivity index (χ0) is 16.4. The molecule has 0 aliphatic carbocycles. The van der Waals surface area contributed by atoms with E-state index in [0.717, 1.165) is 25.7 Å². The molecule has 0 spiro atoms. The molecule has 1 aromatic carbocycles. The minimum Gasteiger partial charge on any atom is -0.465 e. The first-order valence-corrected chi connectivity index (χ1v) is 8.26. The fourth-order valence-electron chi connectivity index (χ4n) is 2.73. The molecule has 0 N–H and O–H groups in total. The van der Waals surface area contributed by atoms with Crippen LogP contribution in [0.25, 0.3) is 0 Å². The van der Waals surface area contributed by atoms with E-state index in [9.17, 15) is 9.59 Å². The van der Waals surface area contributed by atoms with Crippen molar-refractivity contribution in [2.45, 2.75) is 64.7 Å². The topological polar surface area (TPSA) is 43.4 Å². The minimum absolute atomic E-state index is 0.287. The van der Waals surface area contributed by atoms with Gasteiger partial charge in [-0.1, -0.05) is 38.3 Å². The molecule has 0 fully saturated rings. The van der Waals surface area contributed by atoms with Crippen molar-refractivity contribution in [2.75, 3.05) is 7.11 Å². The lowest BCUT2D eigenvalue weighted by Gasteiger charge is -2.15. The van der Waals surface area contributed by atoms with Gasteiger partial charge in [0, 0.05) is 6.42 Å². The molecule has 1 aromatic rings. The summed E-state index contributed by atoms with van der Waals surface area (Å²) in [6.07, 6.45) is 7.50. The second-order valence-electron chi connectivity index (χ2n) is 5.87. The molecule has 3 heteroatoms. The smallest absolute Gasteiger partial charge is 0.337 e. The summed E-state index contributed by atoms with van der Waals surface area (Å²) >= 11 is 0. The Hall–Kier alpha value is -1.64. The van der Waals surface area contributed by atoms with Gasteiger partial charge in [0.1, 0.15) is 5.78 Å². The number of rotatable bonds is 10. The van der Waals surface area contributed by atoms with Crippen LogP contribution in [0.3, 0.4) is 0 Å². The van der Waals surface area contributed by atoms with Gasteiger partial charge in [0.25, 0.3) is 0 Å². The van der Waals surface area contributed by atoms with Gasteiger partial charge in [-0.15, -0.1) is 0 Å². The van der Waals surface area contributed by atoms with Gasteiger partial charge in [-0.05, 0) is 49.8 Å². The zero-order valence-corrected chi connectivity index (χ0v) is 14.1. The van der Waals surface area contributed by atoms with Gasteiger partial charge in [-0.3, -0.25) is 0 Å². The van der Waals surface area contributed by atoms with E-state index in [0.29, 0.717) is 17.9 Å². The first-order chi connectivity index (χ1) is 10.6. The van der Waals surface area contributed by atoms with Crippen LogP contribution >= 0.6 is 0 Å². The lowest BCUT2D eigenvalue weighted by atomic mass is 9.90. The second kappa shape index (κ2) is 10.1. The van der Waals surface area contributed by atoms with Gasteiger partial charge >= 0.3 is 5.97 Å². The van der Waals surface area contributed by atoms with Crippen molar-refractivity contribution >= 4 is 11.8 Å². The summed E-state index contributed by atoms with van der Waals surface area (Å²) in [7, 11) is 1.40. The van der Waals surface area contributed by atoms with E-state index in [4.69, 9.17) is 4.74 Å². The number of methoxy groups -OCH3 is 1. The monoisotopic (exact) mass is 304 g/mol. The predicted octanol–water partition coefficient (Wildman–Crippen LogP) is 4.90. The first-order valence-electron chi connectivity index (χ1n) is 8.26. The van der Waals surface area contributed by atoms with Crippen LogP contribution in [-0.4, -0.2) is 18.9 Å². The number of ketones is 1. The number of ether oxygens (including phenoxy) is 1. The summed E-state index contributed by atoms with van der Waals surface area (Å²) in [4.78, 5) is 22.3. The van der Waals surface area contributed by atoms with Crippen LogP contribution in [0.4, 0.5) is 0 Å². The number of Topliss-reactive ketones (excluding diaryl/α,β-unsaturated/α-hetero) is 1. The fraction of sp³-hybridized carbons (Fsp3) is 0.579. The molecule has 0 amide bonds. The lowest BCUT2D eigenvalue weighted by Crippen LogP contribution is -2.03. The SMILES string of the molecule is CC[C@H](CCCCCCC(C)=O)c1ccc(C(=O)OC)cc1. The van der Waals surface area contributed by atoms with E-state index in [1.165, 1.54) is 25.5 Å². The summed E-state index contributed by atoms with van der Waals surface area (Å²) in [6.45, 7) is 3.86. The highest BCUT2D eigenvalue weighted by Gasteiger charge is 2.11. The third-order valence-electron chi connectivity index (χ3n) is 4.13. The van der Waals surface area contributed by atoms with E-state index >= 15 is 0 Å². The van der Waals surface area contributed by atoms with E-state index in [2.05, 4.69) is 6.92 Å². The number of hydrogen-bond donors (Lipinski definition) is 0. The van der Waals surface area contributed by atoms with Crippen molar-refractivity contribution in [1.29, 1.82) is 0 Å². The molecule has 0 aliphatic rings. The van der Waals surface area contributed by atoms with Crippen LogP contribution in [0, 0.1) is 0 Å². The number of unbranched alkanes of at least 4 members (excludes halogenated alkanes) is 3. The Morgan fingerprint density at radius 2 is 1.68 bits per heavy atom. The van der Waals surface area contributed by atoms with E-state index in [1.807, 2.05) is 24.3 Å². The van der Waals surface area contributed by atoms with Crippen molar-refractivity contribution in [1.82, 2.24) is 0 Å². The molecule has 0 radical (unpaired) electrons. The molecule has 22 heavy (non-hydrogen) atoms. The van der Waals surface area contributed by atoms with Crippen molar-refractivity contribution in [3.8, 4) is 0 Å². The molecule has 0 unspecified atom stereocenters. The second-order valence-corrected chi connectivity index (χ2v) is 5.87. The molecule has 0 heterocycles. The third-order valence-corrected chi connectivity index (χ3v) is 4.13. The molecule has 0 aliphatic heterocycles.